The summed E-state index contributed by atoms with van der Waals surface area (Å²) >= 11 is 0. The van der Waals surface area contributed by atoms with Gasteiger partial charge in [-0.15, -0.1) is 0 Å². The van der Waals surface area contributed by atoms with Crippen molar-refractivity contribution < 1.29 is 23.5 Å². The molecule has 3 amide bonds. The number of aromatic nitrogens is 2. The number of ether oxygens (including phenoxy) is 1. The minimum absolute atomic E-state index is 0.131. The molecule has 2 N–H and O–H groups in total. The summed E-state index contributed by atoms with van der Waals surface area (Å²) in [6, 6.07) is 5.11. The molecule has 1 aromatic carbocycles. The summed E-state index contributed by atoms with van der Waals surface area (Å²) in [5.41, 5.74) is 2.41. The Labute approximate surface area is 154 Å². The lowest BCUT2D eigenvalue weighted by molar-refractivity contribution is -0.127. The molecule has 3 rings (SSSR count). The van der Waals surface area contributed by atoms with E-state index in [1.807, 2.05) is 5.32 Å². The van der Waals surface area contributed by atoms with Gasteiger partial charge in [-0.3, -0.25) is 10.1 Å². The Kier molecular flexibility index (Phi) is 5.20. The van der Waals surface area contributed by atoms with Gasteiger partial charge in [-0.05, 0) is 50.5 Å². The number of benzene rings is 1. The molecular weight excluding hydrogens is 355 g/mol. The van der Waals surface area contributed by atoms with Crippen molar-refractivity contribution in [1.29, 1.82) is 0 Å². The fraction of sp³-hybridized carbons (Fsp3) is 0.333. The Morgan fingerprint density at radius 2 is 1.93 bits per heavy atom. The van der Waals surface area contributed by atoms with E-state index in [2.05, 4.69) is 10.4 Å². The number of fused-ring (bicyclic) bond motifs is 1. The Bertz CT molecular complexity index is 892. The topological polar surface area (TPSA) is 102 Å². The molecule has 1 heterocycles. The fourth-order valence-corrected chi connectivity index (χ4v) is 2.94. The minimum Gasteiger partial charge on any atom is -0.448 e. The number of rotatable bonds is 4. The maximum absolute atomic E-state index is 13.2. The van der Waals surface area contributed by atoms with Gasteiger partial charge in [0.2, 0.25) is 0 Å². The van der Waals surface area contributed by atoms with E-state index in [0.717, 1.165) is 24.1 Å². The number of nitrogens with zero attached hydrogens (tertiary/aromatic N) is 2. The molecule has 9 heteroatoms. The molecule has 0 unspecified atom stereocenters. The maximum atomic E-state index is 13.2. The number of carbonyl (C=O) groups is 3. The molecule has 1 aliphatic rings. The number of esters is 1. The first-order valence-corrected chi connectivity index (χ1v) is 8.51. The summed E-state index contributed by atoms with van der Waals surface area (Å²) in [5.74, 6) is -1.84. The zero-order valence-corrected chi connectivity index (χ0v) is 14.9. The third-order valence-corrected chi connectivity index (χ3v) is 4.31. The van der Waals surface area contributed by atoms with Crippen LogP contribution < -0.4 is 10.6 Å². The van der Waals surface area contributed by atoms with E-state index in [1.165, 1.54) is 26.1 Å². The lowest BCUT2D eigenvalue weighted by Gasteiger charge is -2.12. The van der Waals surface area contributed by atoms with Crippen LogP contribution in [0.25, 0.3) is 5.69 Å². The summed E-state index contributed by atoms with van der Waals surface area (Å²) in [5, 5.41) is 8.62. The van der Waals surface area contributed by atoms with Crippen LogP contribution in [-0.2, 0) is 22.4 Å². The van der Waals surface area contributed by atoms with E-state index < -0.39 is 24.0 Å². The number of halogens is 1. The molecule has 27 heavy (non-hydrogen) atoms. The number of amides is 3. The molecule has 0 saturated carbocycles. The van der Waals surface area contributed by atoms with Crippen LogP contribution in [0.4, 0.5) is 9.18 Å². The smallest absolute Gasteiger partial charge is 0.359 e. The predicted octanol–water partition coefficient (Wildman–Crippen LogP) is 1.50. The lowest BCUT2D eigenvalue weighted by Crippen LogP contribution is -2.43. The Balaban J connectivity index is 1.81. The van der Waals surface area contributed by atoms with Gasteiger partial charge in [-0.25, -0.2) is 18.7 Å². The van der Waals surface area contributed by atoms with Gasteiger partial charge in [0.25, 0.3) is 5.91 Å². The van der Waals surface area contributed by atoms with Gasteiger partial charge in [0.15, 0.2) is 11.8 Å². The first-order valence-electron chi connectivity index (χ1n) is 8.51. The maximum Gasteiger partial charge on any atom is 0.359 e. The third-order valence-electron chi connectivity index (χ3n) is 4.31. The molecule has 8 nitrogen and oxygen atoms in total. The monoisotopic (exact) mass is 374 g/mol. The number of hydrogen-bond acceptors (Lipinski definition) is 5. The Morgan fingerprint density at radius 1 is 1.22 bits per heavy atom. The quantitative estimate of drug-likeness (QED) is 0.790. The first-order chi connectivity index (χ1) is 12.9. The molecule has 1 atom stereocenters. The van der Waals surface area contributed by atoms with Gasteiger partial charge in [0, 0.05) is 18.3 Å². The molecule has 0 aliphatic heterocycles. The zero-order chi connectivity index (χ0) is 19.6. The highest BCUT2D eigenvalue weighted by Gasteiger charge is 2.30. The second kappa shape index (κ2) is 7.56. The number of nitrogens with one attached hydrogen (secondary N) is 2. The van der Waals surface area contributed by atoms with Crippen molar-refractivity contribution in [2.75, 3.05) is 7.05 Å². The summed E-state index contributed by atoms with van der Waals surface area (Å²) in [7, 11) is 1.37. The number of imide groups is 1. The molecule has 142 valence electrons. The van der Waals surface area contributed by atoms with E-state index in [9.17, 15) is 18.8 Å². The van der Waals surface area contributed by atoms with Gasteiger partial charge in [-0.1, -0.05) is 0 Å². The van der Waals surface area contributed by atoms with E-state index in [1.54, 1.807) is 16.8 Å². The van der Waals surface area contributed by atoms with Crippen molar-refractivity contribution in [3.8, 4) is 5.69 Å². The third kappa shape index (κ3) is 3.81. The van der Waals surface area contributed by atoms with Crippen molar-refractivity contribution >= 4 is 17.9 Å². The van der Waals surface area contributed by atoms with Crippen molar-refractivity contribution in [3.05, 3.63) is 47.0 Å². The highest BCUT2D eigenvalue weighted by atomic mass is 19.1. The highest BCUT2D eigenvalue weighted by molar-refractivity contribution is 5.98. The van der Waals surface area contributed by atoms with Gasteiger partial charge in [-0.2, -0.15) is 5.10 Å². The molecule has 2 aromatic rings. The Hall–Kier alpha value is -3.23. The lowest BCUT2D eigenvalue weighted by atomic mass is 10.2. The number of hydrogen-bond donors (Lipinski definition) is 2. The van der Waals surface area contributed by atoms with Crippen LogP contribution in [0, 0.1) is 5.82 Å². The summed E-state index contributed by atoms with van der Waals surface area (Å²) in [6.07, 6.45) is 1.10. The van der Waals surface area contributed by atoms with Gasteiger partial charge in [0.1, 0.15) is 5.82 Å². The molecular formula is C18H19FN4O4. The van der Waals surface area contributed by atoms with E-state index in [0.29, 0.717) is 12.1 Å². The average molecular weight is 374 g/mol. The number of carbonyl (C=O) groups excluding carboxylic acids is 3. The van der Waals surface area contributed by atoms with Crippen molar-refractivity contribution in [1.82, 2.24) is 20.4 Å². The van der Waals surface area contributed by atoms with Crippen LogP contribution in [0.3, 0.4) is 0 Å². The summed E-state index contributed by atoms with van der Waals surface area (Å²) in [4.78, 5) is 35.6. The molecule has 0 saturated heterocycles. The molecule has 0 bridgehead atoms. The van der Waals surface area contributed by atoms with Crippen molar-refractivity contribution in [2.45, 2.75) is 32.3 Å². The zero-order valence-electron chi connectivity index (χ0n) is 14.9. The summed E-state index contributed by atoms with van der Waals surface area (Å²) < 4.78 is 20.0. The van der Waals surface area contributed by atoms with Crippen molar-refractivity contribution in [3.63, 3.8) is 0 Å². The molecule has 0 radical (unpaired) electrons. The Morgan fingerprint density at radius 3 is 2.59 bits per heavy atom. The second-order valence-corrected chi connectivity index (χ2v) is 6.13. The second-order valence-electron chi connectivity index (χ2n) is 6.13. The van der Waals surface area contributed by atoms with Crippen LogP contribution in [0.5, 0.6) is 0 Å². The van der Waals surface area contributed by atoms with Crippen LogP contribution in [0.15, 0.2) is 24.3 Å². The van der Waals surface area contributed by atoms with Crippen LogP contribution in [-0.4, -0.2) is 40.8 Å². The standard InChI is InChI=1S/C18H19FN4O4/c1-10(16(24)21-18(26)20-2)27-17(25)15-13-4-3-5-14(13)23(22-15)12-8-6-11(19)7-9-12/h6-10H,3-5H2,1-2H3,(H2,20,21,24,26)/t10-/m0/s1. The minimum atomic E-state index is -1.16. The summed E-state index contributed by atoms with van der Waals surface area (Å²) in [6.45, 7) is 1.37. The SMILES string of the molecule is CNC(=O)NC(=O)[C@H](C)OC(=O)c1nn(-c2ccc(F)cc2)c2c1CCC2. The van der Waals surface area contributed by atoms with E-state index >= 15 is 0 Å². The first kappa shape index (κ1) is 18.6. The van der Waals surface area contributed by atoms with E-state index in [4.69, 9.17) is 4.74 Å². The van der Waals surface area contributed by atoms with E-state index in [-0.39, 0.29) is 11.5 Å². The van der Waals surface area contributed by atoms with Crippen LogP contribution in [0.1, 0.15) is 35.1 Å². The largest absolute Gasteiger partial charge is 0.448 e. The van der Waals surface area contributed by atoms with Crippen LogP contribution in [0.2, 0.25) is 0 Å². The number of urea groups is 1. The predicted molar refractivity (Wildman–Crippen MR) is 93.0 cm³/mol. The molecule has 1 aromatic heterocycles. The van der Waals surface area contributed by atoms with Crippen LogP contribution >= 0.6 is 0 Å². The van der Waals surface area contributed by atoms with Gasteiger partial charge >= 0.3 is 12.0 Å². The molecule has 1 aliphatic carbocycles. The highest BCUT2D eigenvalue weighted by Crippen LogP contribution is 2.28. The van der Waals surface area contributed by atoms with Gasteiger partial charge in [0.05, 0.1) is 5.69 Å². The molecule has 0 spiro atoms. The molecule has 0 fully saturated rings. The average Bonchev–Trinajstić information content (AvgIpc) is 3.24. The van der Waals surface area contributed by atoms with Gasteiger partial charge < -0.3 is 10.1 Å². The van der Waals surface area contributed by atoms with Crippen molar-refractivity contribution in [2.24, 2.45) is 0 Å². The normalized spacial score (nSPS) is 13.6. The fourth-order valence-electron chi connectivity index (χ4n) is 2.94.